The number of hydrogen-bond donors (Lipinski definition) is 1. The molecule has 1 aliphatic rings. The predicted molar refractivity (Wildman–Crippen MR) is 82.6 cm³/mol. The van der Waals surface area contributed by atoms with Crippen LogP contribution in [0.3, 0.4) is 0 Å². The van der Waals surface area contributed by atoms with E-state index >= 15 is 0 Å². The van der Waals surface area contributed by atoms with Gasteiger partial charge in [-0.05, 0) is 45.3 Å². The number of aryl methyl sites for hydroxylation is 1. The van der Waals surface area contributed by atoms with Crippen LogP contribution in [0.1, 0.15) is 43.4 Å². The Labute approximate surface area is 122 Å². The zero-order valence-electron chi connectivity index (χ0n) is 12.9. The van der Waals surface area contributed by atoms with E-state index in [1.165, 1.54) is 11.1 Å². The second-order valence-corrected chi connectivity index (χ2v) is 5.98. The molecule has 0 aromatic heterocycles. The average Bonchev–Trinajstić information content (AvgIpc) is 2.45. The summed E-state index contributed by atoms with van der Waals surface area (Å²) < 4.78 is 0. The Morgan fingerprint density at radius 3 is 2.70 bits per heavy atom. The number of likely N-dealkylation sites (tertiary alicyclic amines) is 1. The van der Waals surface area contributed by atoms with Gasteiger partial charge >= 0.3 is 0 Å². The lowest BCUT2D eigenvalue weighted by Gasteiger charge is -2.30. The summed E-state index contributed by atoms with van der Waals surface area (Å²) in [6, 6.07) is 8.60. The van der Waals surface area contributed by atoms with Crippen molar-refractivity contribution in [2.45, 2.75) is 39.2 Å². The minimum Gasteiger partial charge on any atom is -0.349 e. The number of nitrogens with one attached hydrogen (secondary N) is 1. The van der Waals surface area contributed by atoms with Gasteiger partial charge in [0.1, 0.15) is 0 Å². The first-order chi connectivity index (χ1) is 9.60. The molecule has 1 aromatic carbocycles. The van der Waals surface area contributed by atoms with Gasteiger partial charge in [0.15, 0.2) is 0 Å². The Bertz CT molecular complexity index is 441. The number of rotatable bonds is 4. The largest absolute Gasteiger partial charge is 0.349 e. The van der Waals surface area contributed by atoms with E-state index in [-0.39, 0.29) is 17.9 Å². The standard InChI is InChI=1S/C17H26N2O/c1-4-16(14-9-7-13(2)8-10-14)18-17(20)15-6-5-11-19(3)12-15/h7-10,15-16H,4-6,11-12H2,1-3H3,(H,18,20). The molecule has 2 atom stereocenters. The van der Waals surface area contributed by atoms with Gasteiger partial charge in [-0.3, -0.25) is 4.79 Å². The quantitative estimate of drug-likeness (QED) is 0.915. The minimum absolute atomic E-state index is 0.135. The van der Waals surface area contributed by atoms with Crippen molar-refractivity contribution in [2.24, 2.45) is 5.92 Å². The van der Waals surface area contributed by atoms with Crippen LogP contribution in [0.15, 0.2) is 24.3 Å². The molecule has 1 saturated heterocycles. The van der Waals surface area contributed by atoms with Gasteiger partial charge in [-0.2, -0.15) is 0 Å². The summed E-state index contributed by atoms with van der Waals surface area (Å²) in [4.78, 5) is 14.7. The van der Waals surface area contributed by atoms with Gasteiger partial charge in [-0.1, -0.05) is 36.8 Å². The van der Waals surface area contributed by atoms with Gasteiger partial charge in [0.05, 0.1) is 12.0 Å². The number of amides is 1. The molecule has 1 heterocycles. The van der Waals surface area contributed by atoms with E-state index in [0.717, 1.165) is 32.4 Å². The molecule has 1 aliphatic heterocycles. The molecule has 1 aromatic rings. The van der Waals surface area contributed by atoms with Gasteiger partial charge in [-0.25, -0.2) is 0 Å². The molecule has 3 heteroatoms. The first kappa shape index (κ1) is 15.0. The highest BCUT2D eigenvalue weighted by Gasteiger charge is 2.25. The number of nitrogens with zero attached hydrogens (tertiary/aromatic N) is 1. The Hall–Kier alpha value is -1.35. The van der Waals surface area contributed by atoms with Crippen LogP contribution in [0.25, 0.3) is 0 Å². The van der Waals surface area contributed by atoms with E-state index in [2.05, 4.69) is 55.4 Å². The minimum atomic E-state index is 0.135. The molecule has 110 valence electrons. The highest BCUT2D eigenvalue weighted by Crippen LogP contribution is 2.20. The molecule has 0 spiro atoms. The van der Waals surface area contributed by atoms with Gasteiger partial charge in [-0.15, -0.1) is 0 Å². The molecule has 1 N–H and O–H groups in total. The molecule has 1 amide bonds. The third kappa shape index (κ3) is 3.83. The van der Waals surface area contributed by atoms with Crippen LogP contribution in [0, 0.1) is 12.8 Å². The van der Waals surface area contributed by atoms with Crippen molar-refractivity contribution in [3.05, 3.63) is 35.4 Å². The second-order valence-electron chi connectivity index (χ2n) is 5.98. The normalized spacial score (nSPS) is 21.4. The molecule has 0 aliphatic carbocycles. The van der Waals surface area contributed by atoms with E-state index in [9.17, 15) is 4.79 Å². The zero-order chi connectivity index (χ0) is 14.5. The lowest BCUT2D eigenvalue weighted by Crippen LogP contribution is -2.42. The number of hydrogen-bond acceptors (Lipinski definition) is 2. The molecule has 20 heavy (non-hydrogen) atoms. The summed E-state index contributed by atoms with van der Waals surface area (Å²) in [5.41, 5.74) is 2.46. The summed E-state index contributed by atoms with van der Waals surface area (Å²) in [6.07, 6.45) is 3.06. The second kappa shape index (κ2) is 6.89. The van der Waals surface area contributed by atoms with Gasteiger partial charge in [0, 0.05) is 6.54 Å². The molecule has 0 saturated carbocycles. The monoisotopic (exact) mass is 274 g/mol. The Kier molecular flexibility index (Phi) is 5.18. The average molecular weight is 274 g/mol. The number of piperidine rings is 1. The SMILES string of the molecule is CCC(NC(=O)C1CCCN(C)C1)c1ccc(C)cc1. The third-order valence-electron chi connectivity index (χ3n) is 4.20. The van der Waals surface area contributed by atoms with Gasteiger partial charge in [0.2, 0.25) is 5.91 Å². The van der Waals surface area contributed by atoms with Crippen LogP contribution in [0.2, 0.25) is 0 Å². The Balaban J connectivity index is 1.98. The van der Waals surface area contributed by atoms with E-state index in [1.54, 1.807) is 0 Å². The topological polar surface area (TPSA) is 32.3 Å². The Morgan fingerprint density at radius 1 is 1.40 bits per heavy atom. The van der Waals surface area contributed by atoms with Gasteiger partial charge in [0.25, 0.3) is 0 Å². The van der Waals surface area contributed by atoms with Crippen molar-refractivity contribution < 1.29 is 4.79 Å². The van der Waals surface area contributed by atoms with Crippen molar-refractivity contribution in [1.82, 2.24) is 10.2 Å². The fraction of sp³-hybridized carbons (Fsp3) is 0.588. The van der Waals surface area contributed by atoms with Crippen molar-refractivity contribution in [3.8, 4) is 0 Å². The fourth-order valence-electron chi connectivity index (χ4n) is 2.89. The number of carbonyl (C=O) groups is 1. The van der Waals surface area contributed by atoms with Crippen LogP contribution in [0.4, 0.5) is 0 Å². The molecule has 2 rings (SSSR count). The fourth-order valence-corrected chi connectivity index (χ4v) is 2.89. The first-order valence-electron chi connectivity index (χ1n) is 7.65. The molecule has 0 radical (unpaired) electrons. The van der Waals surface area contributed by atoms with Crippen LogP contribution in [-0.4, -0.2) is 30.9 Å². The zero-order valence-corrected chi connectivity index (χ0v) is 12.9. The summed E-state index contributed by atoms with van der Waals surface area (Å²) in [7, 11) is 2.09. The molecule has 0 bridgehead atoms. The van der Waals surface area contributed by atoms with Crippen molar-refractivity contribution in [1.29, 1.82) is 0 Å². The lowest BCUT2D eigenvalue weighted by molar-refractivity contribution is -0.127. The molecular weight excluding hydrogens is 248 g/mol. The van der Waals surface area contributed by atoms with Crippen molar-refractivity contribution in [2.75, 3.05) is 20.1 Å². The van der Waals surface area contributed by atoms with Crippen LogP contribution < -0.4 is 5.32 Å². The Morgan fingerprint density at radius 2 is 2.10 bits per heavy atom. The third-order valence-corrected chi connectivity index (χ3v) is 4.20. The van der Waals surface area contributed by atoms with E-state index in [4.69, 9.17) is 0 Å². The molecule has 1 fully saturated rings. The smallest absolute Gasteiger partial charge is 0.224 e. The highest BCUT2D eigenvalue weighted by atomic mass is 16.2. The lowest BCUT2D eigenvalue weighted by atomic mass is 9.96. The van der Waals surface area contributed by atoms with Crippen LogP contribution in [-0.2, 0) is 4.79 Å². The van der Waals surface area contributed by atoms with Crippen molar-refractivity contribution in [3.63, 3.8) is 0 Å². The summed E-state index contributed by atoms with van der Waals surface area (Å²) in [6.45, 7) is 6.20. The van der Waals surface area contributed by atoms with Gasteiger partial charge < -0.3 is 10.2 Å². The number of benzene rings is 1. The van der Waals surface area contributed by atoms with E-state index in [0.29, 0.717) is 0 Å². The van der Waals surface area contributed by atoms with E-state index in [1.807, 2.05) is 0 Å². The predicted octanol–water partition coefficient (Wildman–Crippen LogP) is 2.90. The maximum absolute atomic E-state index is 12.4. The molecule has 2 unspecified atom stereocenters. The highest BCUT2D eigenvalue weighted by molar-refractivity contribution is 5.79. The molecular formula is C17H26N2O. The summed E-state index contributed by atoms with van der Waals surface area (Å²) in [5.74, 6) is 0.359. The summed E-state index contributed by atoms with van der Waals surface area (Å²) >= 11 is 0. The maximum atomic E-state index is 12.4. The first-order valence-corrected chi connectivity index (χ1v) is 7.65. The van der Waals surface area contributed by atoms with Crippen LogP contribution in [0.5, 0.6) is 0 Å². The molecule has 3 nitrogen and oxygen atoms in total. The van der Waals surface area contributed by atoms with Crippen molar-refractivity contribution >= 4 is 5.91 Å². The van der Waals surface area contributed by atoms with E-state index < -0.39 is 0 Å². The maximum Gasteiger partial charge on any atom is 0.224 e. The van der Waals surface area contributed by atoms with Crippen LogP contribution >= 0.6 is 0 Å². The number of carbonyl (C=O) groups excluding carboxylic acids is 1. The summed E-state index contributed by atoms with van der Waals surface area (Å²) in [5, 5.41) is 3.23.